The molecule has 2 aromatic carbocycles. The molecule has 25 heavy (non-hydrogen) atoms. The van der Waals surface area contributed by atoms with Gasteiger partial charge in [-0.1, -0.05) is 12.1 Å². The molecular weight excluding hydrogens is 364 g/mol. The number of rotatable bonds is 5. The number of nitrogens with zero attached hydrogens (tertiary/aromatic N) is 2. The Labute approximate surface area is 146 Å². The molecule has 0 aliphatic heterocycles. The van der Waals surface area contributed by atoms with Crippen molar-refractivity contribution in [3.63, 3.8) is 0 Å². The number of aromatic nitrogens is 1. The maximum atomic E-state index is 11.7. The zero-order valence-electron chi connectivity index (χ0n) is 12.6. The molecule has 0 fully saturated rings. The molecule has 1 amide bonds. The third kappa shape index (κ3) is 3.82. The number of thiazole rings is 1. The van der Waals surface area contributed by atoms with Gasteiger partial charge in [-0.3, -0.25) is 14.8 Å². The van der Waals surface area contributed by atoms with E-state index in [-0.39, 0.29) is 10.6 Å². The number of hydrogen-bond donors (Lipinski definition) is 3. The van der Waals surface area contributed by atoms with E-state index in [4.69, 9.17) is 10.3 Å². The van der Waals surface area contributed by atoms with Crippen molar-refractivity contribution in [3.05, 3.63) is 53.5 Å². The number of nitrogens with two attached hydrogens (primary N) is 1. The van der Waals surface area contributed by atoms with E-state index in [0.29, 0.717) is 10.7 Å². The first-order valence-corrected chi connectivity index (χ1v) is 9.17. The third-order valence-electron chi connectivity index (χ3n) is 3.18. The van der Waals surface area contributed by atoms with Crippen LogP contribution >= 0.6 is 11.3 Å². The summed E-state index contributed by atoms with van der Waals surface area (Å²) >= 11 is 1.28. The quantitative estimate of drug-likeness (QED) is 0.353. The number of nitrogens with one attached hydrogen (secondary N) is 1. The number of hydrogen-bond acceptors (Lipinski definition) is 7. The summed E-state index contributed by atoms with van der Waals surface area (Å²) in [7, 11) is -4.27. The lowest BCUT2D eigenvalue weighted by Crippen LogP contribution is -2.25. The van der Waals surface area contributed by atoms with Gasteiger partial charge in [-0.25, -0.2) is 4.98 Å². The molecule has 10 heteroatoms. The fourth-order valence-corrected chi connectivity index (χ4v) is 3.44. The van der Waals surface area contributed by atoms with Crippen molar-refractivity contribution in [3.8, 4) is 0 Å². The van der Waals surface area contributed by atoms with Gasteiger partial charge < -0.3 is 5.73 Å². The summed E-state index contributed by atoms with van der Waals surface area (Å²) in [5.41, 5.74) is 9.10. The van der Waals surface area contributed by atoms with E-state index in [2.05, 4.69) is 15.5 Å². The van der Waals surface area contributed by atoms with E-state index in [1.807, 2.05) is 24.3 Å². The largest absolute Gasteiger partial charge is 0.364 e. The highest BCUT2D eigenvalue weighted by molar-refractivity contribution is 7.85. The van der Waals surface area contributed by atoms with E-state index >= 15 is 0 Å². The van der Waals surface area contributed by atoms with Gasteiger partial charge in [0.15, 0.2) is 10.7 Å². The summed E-state index contributed by atoms with van der Waals surface area (Å²) in [6.45, 7) is 0. The second-order valence-electron chi connectivity index (χ2n) is 4.92. The topological polar surface area (TPSA) is 135 Å². The number of fused-ring (bicyclic) bond motifs is 1. The zero-order valence-corrected chi connectivity index (χ0v) is 14.2. The molecule has 3 rings (SSSR count). The van der Waals surface area contributed by atoms with Crippen LogP contribution in [0.2, 0.25) is 0 Å². The van der Waals surface area contributed by atoms with Crippen LogP contribution in [0, 0.1) is 0 Å². The number of para-hydroxylation sites is 1. The molecule has 0 aliphatic carbocycles. The lowest BCUT2D eigenvalue weighted by molar-refractivity contribution is -0.111. The van der Waals surface area contributed by atoms with Crippen molar-refractivity contribution in [2.24, 2.45) is 10.8 Å². The standard InChI is InChI=1S/C15H12N4O4S2/c16-14(20)13(15-17-11-3-1-2-4-12(11)24-15)19-18-9-5-7-10(8-6-9)25(21,22)23/h1-8,18H,(H2,16,20)(H,21,22,23). The molecule has 0 atom stereocenters. The maximum absolute atomic E-state index is 11.7. The van der Waals surface area contributed by atoms with Gasteiger partial charge in [0.1, 0.15) is 0 Å². The Bertz CT molecular complexity index is 1040. The van der Waals surface area contributed by atoms with E-state index in [1.165, 1.54) is 35.6 Å². The van der Waals surface area contributed by atoms with Crippen molar-refractivity contribution >= 4 is 49.0 Å². The summed E-state index contributed by atoms with van der Waals surface area (Å²) in [6.07, 6.45) is 0. The molecule has 128 valence electrons. The first-order valence-electron chi connectivity index (χ1n) is 6.91. The van der Waals surface area contributed by atoms with E-state index in [1.54, 1.807) is 0 Å². The van der Waals surface area contributed by atoms with E-state index in [0.717, 1.165) is 10.2 Å². The fraction of sp³-hybridized carbons (Fsp3) is 0. The molecule has 0 aliphatic rings. The summed E-state index contributed by atoms with van der Waals surface area (Å²) in [4.78, 5) is 15.8. The Morgan fingerprint density at radius 3 is 2.44 bits per heavy atom. The fourth-order valence-electron chi connectivity index (χ4n) is 2.00. The van der Waals surface area contributed by atoms with Crippen LogP contribution in [-0.2, 0) is 14.9 Å². The van der Waals surface area contributed by atoms with Gasteiger partial charge in [0, 0.05) is 0 Å². The summed E-state index contributed by atoms with van der Waals surface area (Å²) in [5, 5.41) is 4.35. The Balaban J connectivity index is 1.89. The summed E-state index contributed by atoms with van der Waals surface area (Å²) < 4.78 is 31.9. The number of hydrazone groups is 1. The zero-order chi connectivity index (χ0) is 18.0. The predicted molar refractivity (Wildman–Crippen MR) is 95.2 cm³/mol. The Morgan fingerprint density at radius 2 is 1.84 bits per heavy atom. The molecule has 0 unspecified atom stereocenters. The minimum atomic E-state index is -4.27. The van der Waals surface area contributed by atoms with Crippen molar-refractivity contribution in [2.45, 2.75) is 4.90 Å². The molecule has 0 spiro atoms. The molecule has 1 heterocycles. The van der Waals surface area contributed by atoms with Crippen molar-refractivity contribution in [1.82, 2.24) is 4.98 Å². The predicted octanol–water partition coefficient (Wildman–Crippen LogP) is 1.84. The van der Waals surface area contributed by atoms with Gasteiger partial charge in [-0.15, -0.1) is 11.3 Å². The van der Waals surface area contributed by atoms with Gasteiger partial charge in [0.2, 0.25) is 0 Å². The van der Waals surface area contributed by atoms with Crippen molar-refractivity contribution in [2.75, 3.05) is 5.43 Å². The first-order chi connectivity index (χ1) is 11.8. The SMILES string of the molecule is NC(=O)C(=NNc1ccc(S(=O)(=O)O)cc1)c1nc2ccccc2s1. The summed E-state index contributed by atoms with van der Waals surface area (Å²) in [6, 6.07) is 12.6. The van der Waals surface area contributed by atoms with Crippen LogP contribution in [0.3, 0.4) is 0 Å². The normalized spacial score (nSPS) is 12.3. The van der Waals surface area contributed by atoms with Crippen LogP contribution < -0.4 is 11.2 Å². The van der Waals surface area contributed by atoms with Gasteiger partial charge in [-0.05, 0) is 36.4 Å². The number of carbonyl (C=O) groups is 1. The number of amides is 1. The molecule has 8 nitrogen and oxygen atoms in total. The second kappa shape index (κ2) is 6.59. The Kier molecular flexibility index (Phi) is 4.49. The van der Waals surface area contributed by atoms with Crippen LogP contribution in [0.1, 0.15) is 5.01 Å². The molecule has 0 radical (unpaired) electrons. The molecule has 0 saturated heterocycles. The molecular formula is C15H12N4O4S2. The van der Waals surface area contributed by atoms with Crippen LogP contribution in [0.25, 0.3) is 10.2 Å². The average Bonchev–Trinajstić information content (AvgIpc) is 2.98. The monoisotopic (exact) mass is 376 g/mol. The van der Waals surface area contributed by atoms with Gasteiger partial charge in [0.05, 0.1) is 20.8 Å². The van der Waals surface area contributed by atoms with Gasteiger partial charge in [-0.2, -0.15) is 13.5 Å². The van der Waals surface area contributed by atoms with Crippen molar-refractivity contribution < 1.29 is 17.8 Å². The van der Waals surface area contributed by atoms with Gasteiger partial charge >= 0.3 is 0 Å². The molecule has 4 N–H and O–H groups in total. The Morgan fingerprint density at radius 1 is 1.16 bits per heavy atom. The first kappa shape index (κ1) is 17.0. The highest BCUT2D eigenvalue weighted by Gasteiger charge is 2.16. The average molecular weight is 376 g/mol. The van der Waals surface area contributed by atoms with Crippen molar-refractivity contribution in [1.29, 1.82) is 0 Å². The molecule has 3 aromatic rings. The minimum absolute atomic E-state index is 0.0416. The van der Waals surface area contributed by atoms with Crippen LogP contribution in [0.4, 0.5) is 5.69 Å². The van der Waals surface area contributed by atoms with E-state index in [9.17, 15) is 13.2 Å². The number of primary amides is 1. The van der Waals surface area contributed by atoms with Crippen LogP contribution in [0.5, 0.6) is 0 Å². The molecule has 0 saturated carbocycles. The number of benzene rings is 2. The lowest BCUT2D eigenvalue weighted by atomic mass is 10.3. The minimum Gasteiger partial charge on any atom is -0.364 e. The highest BCUT2D eigenvalue weighted by Crippen LogP contribution is 2.22. The number of anilines is 1. The maximum Gasteiger partial charge on any atom is 0.294 e. The molecule has 1 aromatic heterocycles. The smallest absolute Gasteiger partial charge is 0.294 e. The van der Waals surface area contributed by atoms with Gasteiger partial charge in [0.25, 0.3) is 16.0 Å². The van der Waals surface area contributed by atoms with Crippen LogP contribution in [0.15, 0.2) is 58.5 Å². The highest BCUT2D eigenvalue weighted by atomic mass is 32.2. The second-order valence-corrected chi connectivity index (χ2v) is 7.37. The third-order valence-corrected chi connectivity index (χ3v) is 5.09. The Hall–Kier alpha value is -2.82. The molecule has 0 bridgehead atoms. The van der Waals surface area contributed by atoms with E-state index < -0.39 is 16.0 Å². The summed E-state index contributed by atoms with van der Waals surface area (Å²) in [5.74, 6) is -0.749. The number of carbonyl (C=O) groups excluding carboxylic acids is 1. The lowest BCUT2D eigenvalue weighted by Gasteiger charge is -2.03. The van der Waals surface area contributed by atoms with Crippen LogP contribution in [-0.4, -0.2) is 29.6 Å².